The number of hydrogen-bond donors (Lipinski definition) is 3. The molecule has 0 saturated carbocycles. The van der Waals surface area contributed by atoms with Crippen molar-refractivity contribution in [2.75, 3.05) is 13.7 Å². The molecule has 0 amide bonds. The first-order valence-electron chi connectivity index (χ1n) is 4.14. The summed E-state index contributed by atoms with van der Waals surface area (Å²) in [5, 5.41) is 18.2. The second-order valence-corrected chi connectivity index (χ2v) is 2.93. The van der Waals surface area contributed by atoms with Crippen molar-refractivity contribution in [2.24, 2.45) is 5.73 Å². The van der Waals surface area contributed by atoms with Crippen molar-refractivity contribution in [1.82, 2.24) is 0 Å². The van der Waals surface area contributed by atoms with Gasteiger partial charge in [-0.25, -0.2) is 8.78 Å². The Morgan fingerprint density at radius 2 is 2.13 bits per heavy atom. The first-order valence-corrected chi connectivity index (χ1v) is 4.14. The molecule has 1 rings (SSSR count). The molecule has 6 heteroatoms. The highest BCUT2D eigenvalue weighted by Gasteiger charge is 2.23. The fourth-order valence-corrected chi connectivity index (χ4v) is 1.20. The minimum Gasteiger partial charge on any atom is -0.504 e. The lowest BCUT2D eigenvalue weighted by Crippen LogP contribution is -2.17. The van der Waals surface area contributed by atoms with E-state index in [0.717, 1.165) is 0 Å². The van der Waals surface area contributed by atoms with Crippen LogP contribution >= 0.6 is 0 Å². The second kappa shape index (κ2) is 4.41. The number of phenolic OH excluding ortho intramolecular Hbond substituents is 1. The number of halogens is 2. The average molecular weight is 219 g/mol. The molecule has 0 radical (unpaired) electrons. The standard InChI is InChI=1S/C9H11F2NO3/c1-15-6-2-4(10)8(11)7(9(6)14)5(12)3-13/h2,5,13-14H,3,12H2,1H3. The first kappa shape index (κ1) is 11.7. The lowest BCUT2D eigenvalue weighted by Gasteiger charge is -2.14. The molecule has 0 aliphatic heterocycles. The van der Waals surface area contributed by atoms with Crippen molar-refractivity contribution in [2.45, 2.75) is 6.04 Å². The lowest BCUT2D eigenvalue weighted by atomic mass is 10.1. The smallest absolute Gasteiger partial charge is 0.167 e. The molecule has 15 heavy (non-hydrogen) atoms. The van der Waals surface area contributed by atoms with E-state index in [1.165, 1.54) is 7.11 Å². The molecule has 1 aromatic carbocycles. The van der Waals surface area contributed by atoms with E-state index in [2.05, 4.69) is 4.74 Å². The minimum atomic E-state index is -1.28. The maximum absolute atomic E-state index is 13.2. The van der Waals surface area contributed by atoms with Gasteiger partial charge in [-0.15, -0.1) is 0 Å². The third kappa shape index (κ3) is 2.00. The van der Waals surface area contributed by atoms with Crippen LogP contribution in [0.3, 0.4) is 0 Å². The van der Waals surface area contributed by atoms with E-state index in [1.807, 2.05) is 0 Å². The van der Waals surface area contributed by atoms with Gasteiger partial charge < -0.3 is 20.7 Å². The van der Waals surface area contributed by atoms with Crippen molar-refractivity contribution in [3.63, 3.8) is 0 Å². The maximum atomic E-state index is 13.2. The molecule has 0 heterocycles. The molecule has 0 saturated heterocycles. The number of hydrogen-bond acceptors (Lipinski definition) is 4. The van der Waals surface area contributed by atoms with Gasteiger partial charge in [0.25, 0.3) is 0 Å². The Morgan fingerprint density at radius 1 is 1.53 bits per heavy atom. The third-order valence-corrected chi connectivity index (χ3v) is 1.98. The summed E-state index contributed by atoms with van der Waals surface area (Å²) >= 11 is 0. The summed E-state index contributed by atoms with van der Waals surface area (Å²) in [4.78, 5) is 0. The number of phenols is 1. The Balaban J connectivity index is 3.40. The van der Waals surface area contributed by atoms with Gasteiger partial charge in [-0.2, -0.15) is 0 Å². The summed E-state index contributed by atoms with van der Waals surface area (Å²) in [6, 6.07) is -0.493. The number of rotatable bonds is 3. The number of aliphatic hydroxyl groups is 1. The molecule has 0 bridgehead atoms. The normalized spacial score (nSPS) is 12.6. The molecule has 0 spiro atoms. The zero-order valence-corrected chi connectivity index (χ0v) is 8.00. The number of methoxy groups -OCH3 is 1. The Labute approximate surface area is 84.9 Å². The summed E-state index contributed by atoms with van der Waals surface area (Å²) in [6.07, 6.45) is 0. The molecule has 84 valence electrons. The van der Waals surface area contributed by atoms with Crippen molar-refractivity contribution < 1.29 is 23.7 Å². The van der Waals surface area contributed by atoms with E-state index in [9.17, 15) is 13.9 Å². The SMILES string of the molecule is COc1cc(F)c(F)c(C(N)CO)c1O. The first-order chi connectivity index (χ1) is 7.02. The summed E-state index contributed by atoms with van der Waals surface area (Å²) < 4.78 is 30.9. The summed E-state index contributed by atoms with van der Waals surface area (Å²) in [5.41, 5.74) is 4.82. The van der Waals surface area contributed by atoms with Crippen LogP contribution in [0.4, 0.5) is 8.78 Å². The fourth-order valence-electron chi connectivity index (χ4n) is 1.20. The number of benzene rings is 1. The van der Waals surface area contributed by atoms with Crippen LogP contribution in [-0.4, -0.2) is 23.9 Å². The highest BCUT2D eigenvalue weighted by molar-refractivity contribution is 5.48. The number of aromatic hydroxyl groups is 1. The van der Waals surface area contributed by atoms with Crippen LogP contribution in [0, 0.1) is 11.6 Å². The molecule has 4 N–H and O–H groups in total. The van der Waals surface area contributed by atoms with Gasteiger partial charge in [-0.3, -0.25) is 0 Å². The van der Waals surface area contributed by atoms with E-state index in [1.54, 1.807) is 0 Å². The summed E-state index contributed by atoms with van der Waals surface area (Å²) in [7, 11) is 1.20. The second-order valence-electron chi connectivity index (χ2n) is 2.93. The average Bonchev–Trinajstić information content (AvgIpc) is 2.23. The molecular formula is C9H11F2NO3. The van der Waals surface area contributed by atoms with Gasteiger partial charge in [0.1, 0.15) is 0 Å². The number of nitrogens with two attached hydrogens (primary N) is 1. The molecule has 1 aromatic rings. The van der Waals surface area contributed by atoms with Crippen LogP contribution in [0.2, 0.25) is 0 Å². The number of aliphatic hydroxyl groups excluding tert-OH is 1. The number of ether oxygens (including phenoxy) is 1. The quantitative estimate of drug-likeness (QED) is 0.698. The van der Waals surface area contributed by atoms with E-state index >= 15 is 0 Å². The predicted octanol–water partition coefficient (Wildman–Crippen LogP) is 0.671. The molecule has 0 aliphatic carbocycles. The van der Waals surface area contributed by atoms with Crippen LogP contribution in [0.25, 0.3) is 0 Å². The molecule has 0 aliphatic rings. The van der Waals surface area contributed by atoms with Crippen LogP contribution < -0.4 is 10.5 Å². The molecular weight excluding hydrogens is 208 g/mol. The molecule has 1 unspecified atom stereocenters. The Kier molecular flexibility index (Phi) is 3.43. The summed E-state index contributed by atoms with van der Waals surface area (Å²) in [6.45, 7) is -0.614. The van der Waals surface area contributed by atoms with Crippen LogP contribution in [-0.2, 0) is 0 Å². The van der Waals surface area contributed by atoms with E-state index < -0.39 is 35.6 Å². The zero-order chi connectivity index (χ0) is 11.6. The highest BCUT2D eigenvalue weighted by Crippen LogP contribution is 2.36. The maximum Gasteiger partial charge on any atom is 0.167 e. The van der Waals surface area contributed by atoms with Crippen molar-refractivity contribution in [3.05, 3.63) is 23.3 Å². The van der Waals surface area contributed by atoms with Crippen molar-refractivity contribution in [3.8, 4) is 11.5 Å². The largest absolute Gasteiger partial charge is 0.504 e. The Morgan fingerprint density at radius 3 is 2.60 bits per heavy atom. The van der Waals surface area contributed by atoms with Crippen LogP contribution in [0.15, 0.2) is 6.07 Å². The fraction of sp³-hybridized carbons (Fsp3) is 0.333. The van der Waals surface area contributed by atoms with Gasteiger partial charge in [0.2, 0.25) is 0 Å². The van der Waals surface area contributed by atoms with Gasteiger partial charge in [0.05, 0.1) is 25.3 Å². The Bertz CT molecular complexity index is 371. The predicted molar refractivity (Wildman–Crippen MR) is 48.6 cm³/mol. The molecule has 1 atom stereocenters. The monoisotopic (exact) mass is 219 g/mol. The van der Waals surface area contributed by atoms with Gasteiger partial charge in [0.15, 0.2) is 23.1 Å². The van der Waals surface area contributed by atoms with Crippen LogP contribution in [0.1, 0.15) is 11.6 Å². The highest BCUT2D eigenvalue weighted by atomic mass is 19.2. The van der Waals surface area contributed by atoms with Gasteiger partial charge in [-0.05, 0) is 0 Å². The van der Waals surface area contributed by atoms with Gasteiger partial charge in [-0.1, -0.05) is 0 Å². The molecule has 0 aromatic heterocycles. The van der Waals surface area contributed by atoms with Gasteiger partial charge >= 0.3 is 0 Å². The third-order valence-electron chi connectivity index (χ3n) is 1.98. The van der Waals surface area contributed by atoms with Crippen molar-refractivity contribution in [1.29, 1.82) is 0 Å². The van der Waals surface area contributed by atoms with E-state index in [0.29, 0.717) is 6.07 Å². The molecule has 4 nitrogen and oxygen atoms in total. The summed E-state index contributed by atoms with van der Waals surface area (Å²) in [5.74, 6) is -3.30. The lowest BCUT2D eigenvalue weighted by molar-refractivity contribution is 0.259. The topological polar surface area (TPSA) is 75.7 Å². The zero-order valence-electron chi connectivity index (χ0n) is 8.00. The minimum absolute atomic E-state index is 0.229. The molecule has 0 fully saturated rings. The van der Waals surface area contributed by atoms with E-state index in [4.69, 9.17) is 10.8 Å². The van der Waals surface area contributed by atoms with E-state index in [-0.39, 0.29) is 5.75 Å². The van der Waals surface area contributed by atoms with Crippen LogP contribution in [0.5, 0.6) is 11.5 Å². The Hall–Kier alpha value is -1.40. The van der Waals surface area contributed by atoms with Gasteiger partial charge in [0, 0.05) is 6.07 Å². The van der Waals surface area contributed by atoms with Crippen molar-refractivity contribution >= 4 is 0 Å².